The van der Waals surface area contributed by atoms with Crippen molar-refractivity contribution in [1.82, 2.24) is 9.55 Å². The molecule has 0 bridgehead atoms. The smallest absolute Gasteiger partial charge is 0.151 e. The Kier molecular flexibility index (Phi) is 4.20. The Morgan fingerprint density at radius 1 is 1.05 bits per heavy atom. The van der Waals surface area contributed by atoms with Gasteiger partial charge in [-0.15, -0.1) is 11.6 Å². The van der Waals surface area contributed by atoms with E-state index in [4.69, 9.17) is 11.6 Å². The molecule has 0 fully saturated rings. The number of para-hydroxylation sites is 1. The fraction of sp³-hybridized carbons (Fsp3) is 0.235. The molecule has 0 N–H and O–H groups in total. The van der Waals surface area contributed by atoms with Crippen LogP contribution in [0.15, 0.2) is 48.5 Å². The highest BCUT2D eigenvalue weighted by molar-refractivity contribution is 6.16. The molecule has 21 heavy (non-hydrogen) atoms. The maximum absolute atomic E-state index is 13.8. The molecule has 0 aliphatic rings. The number of rotatable bonds is 5. The molecule has 0 atom stereocenters. The lowest BCUT2D eigenvalue weighted by Crippen LogP contribution is -2.03. The molecule has 0 aliphatic carbocycles. The van der Waals surface area contributed by atoms with Gasteiger partial charge in [-0.1, -0.05) is 36.4 Å². The molecule has 2 nitrogen and oxygen atoms in total. The molecular weight excluding hydrogens is 287 g/mol. The Bertz CT molecular complexity index is 737. The summed E-state index contributed by atoms with van der Waals surface area (Å²) in [6, 6.07) is 15.4. The first-order valence-electron chi connectivity index (χ1n) is 7.03. The molecule has 2 aromatic carbocycles. The number of aryl methyl sites for hydroxylation is 2. The Morgan fingerprint density at radius 2 is 1.86 bits per heavy atom. The summed E-state index contributed by atoms with van der Waals surface area (Å²) in [5.41, 5.74) is 2.53. The maximum Gasteiger partial charge on any atom is 0.151 e. The Balaban J connectivity index is 1.81. The summed E-state index contributed by atoms with van der Waals surface area (Å²) in [5, 5.41) is 0. The lowest BCUT2D eigenvalue weighted by atomic mass is 10.1. The van der Waals surface area contributed by atoms with E-state index in [1.807, 2.05) is 28.8 Å². The molecule has 1 aromatic heterocycles. The van der Waals surface area contributed by atoms with Gasteiger partial charge in [0.1, 0.15) is 11.3 Å². The van der Waals surface area contributed by atoms with E-state index in [9.17, 15) is 4.39 Å². The van der Waals surface area contributed by atoms with Crippen molar-refractivity contribution in [3.05, 3.63) is 65.7 Å². The topological polar surface area (TPSA) is 17.8 Å². The molecular formula is C17H16ClFN2. The average molecular weight is 303 g/mol. The molecule has 4 heteroatoms. The van der Waals surface area contributed by atoms with Gasteiger partial charge in [0.25, 0.3) is 0 Å². The van der Waals surface area contributed by atoms with Crippen LogP contribution >= 0.6 is 11.6 Å². The Morgan fingerprint density at radius 3 is 2.62 bits per heavy atom. The quantitative estimate of drug-likeness (QED) is 0.632. The molecule has 1 heterocycles. The average Bonchev–Trinajstić information content (AvgIpc) is 2.88. The van der Waals surface area contributed by atoms with Gasteiger partial charge in [0.05, 0.1) is 11.4 Å². The molecule has 108 valence electrons. The zero-order valence-corrected chi connectivity index (χ0v) is 12.4. The number of aromatic nitrogens is 2. The van der Waals surface area contributed by atoms with Gasteiger partial charge in [-0.25, -0.2) is 9.37 Å². The summed E-state index contributed by atoms with van der Waals surface area (Å²) in [5.74, 6) is 0.727. The van der Waals surface area contributed by atoms with Crippen LogP contribution in [0.3, 0.4) is 0 Å². The van der Waals surface area contributed by atoms with E-state index in [1.54, 1.807) is 6.07 Å². The number of imidazole rings is 1. The van der Waals surface area contributed by atoms with E-state index in [-0.39, 0.29) is 5.82 Å². The SMILES string of the molecule is Fc1cccc2c1nc(CCl)n2CCCc1ccccc1. The van der Waals surface area contributed by atoms with E-state index in [0.717, 1.165) is 30.7 Å². The predicted molar refractivity (Wildman–Crippen MR) is 84.0 cm³/mol. The summed E-state index contributed by atoms with van der Waals surface area (Å²) >= 11 is 5.95. The van der Waals surface area contributed by atoms with Crippen LogP contribution in [0, 0.1) is 5.82 Å². The lowest BCUT2D eigenvalue weighted by molar-refractivity contribution is 0.636. The standard InChI is InChI=1S/C17H16ClFN2/c18-12-16-20-17-14(19)9-4-10-15(17)21(16)11-5-8-13-6-2-1-3-7-13/h1-4,6-7,9-10H,5,8,11-12H2. The predicted octanol–water partition coefficient (Wildman–Crippen LogP) is 4.55. The molecule has 0 saturated carbocycles. The number of alkyl halides is 1. The van der Waals surface area contributed by atoms with E-state index >= 15 is 0 Å². The van der Waals surface area contributed by atoms with Crippen LogP contribution in [-0.2, 0) is 18.8 Å². The summed E-state index contributed by atoms with van der Waals surface area (Å²) in [6.07, 6.45) is 1.95. The van der Waals surface area contributed by atoms with Crippen molar-refractivity contribution in [3.8, 4) is 0 Å². The molecule has 0 aliphatic heterocycles. The van der Waals surface area contributed by atoms with Crippen molar-refractivity contribution in [1.29, 1.82) is 0 Å². The van der Waals surface area contributed by atoms with Crippen LogP contribution in [0.4, 0.5) is 4.39 Å². The number of nitrogens with zero attached hydrogens (tertiary/aromatic N) is 2. The van der Waals surface area contributed by atoms with Crippen molar-refractivity contribution in [2.45, 2.75) is 25.3 Å². The number of fused-ring (bicyclic) bond motifs is 1. The van der Waals surface area contributed by atoms with Gasteiger partial charge >= 0.3 is 0 Å². The zero-order valence-electron chi connectivity index (χ0n) is 11.6. The van der Waals surface area contributed by atoms with Crippen molar-refractivity contribution < 1.29 is 4.39 Å². The van der Waals surface area contributed by atoms with E-state index in [1.165, 1.54) is 11.6 Å². The Labute approximate surface area is 128 Å². The number of benzene rings is 2. The first-order chi connectivity index (χ1) is 10.3. The second-order valence-electron chi connectivity index (χ2n) is 5.01. The third-order valence-corrected chi connectivity index (χ3v) is 3.86. The van der Waals surface area contributed by atoms with Gasteiger partial charge in [0.15, 0.2) is 5.82 Å². The molecule has 0 saturated heterocycles. The van der Waals surface area contributed by atoms with E-state index in [0.29, 0.717) is 11.4 Å². The second-order valence-corrected chi connectivity index (χ2v) is 5.28. The van der Waals surface area contributed by atoms with Gasteiger partial charge in [-0.3, -0.25) is 0 Å². The van der Waals surface area contributed by atoms with Crippen molar-refractivity contribution >= 4 is 22.6 Å². The fourth-order valence-corrected chi connectivity index (χ4v) is 2.80. The highest BCUT2D eigenvalue weighted by atomic mass is 35.5. The van der Waals surface area contributed by atoms with Crippen LogP contribution in [0.2, 0.25) is 0 Å². The largest absolute Gasteiger partial charge is 0.327 e. The molecule has 3 aromatic rings. The molecule has 0 radical (unpaired) electrons. The molecule has 0 amide bonds. The van der Waals surface area contributed by atoms with Crippen LogP contribution in [0.25, 0.3) is 11.0 Å². The summed E-state index contributed by atoms with van der Waals surface area (Å²) in [6.45, 7) is 0.789. The van der Waals surface area contributed by atoms with Gasteiger partial charge in [0.2, 0.25) is 0 Å². The van der Waals surface area contributed by atoms with Crippen LogP contribution in [0.1, 0.15) is 17.8 Å². The van der Waals surface area contributed by atoms with Gasteiger partial charge in [-0.05, 0) is 30.5 Å². The molecule has 3 rings (SSSR count). The van der Waals surface area contributed by atoms with Crippen molar-refractivity contribution in [3.63, 3.8) is 0 Å². The summed E-state index contributed by atoms with van der Waals surface area (Å²) in [4.78, 5) is 4.31. The zero-order chi connectivity index (χ0) is 14.7. The first-order valence-corrected chi connectivity index (χ1v) is 7.56. The third kappa shape index (κ3) is 2.93. The van der Waals surface area contributed by atoms with Crippen molar-refractivity contribution in [2.24, 2.45) is 0 Å². The minimum absolute atomic E-state index is 0.291. The normalized spacial score (nSPS) is 11.1. The third-order valence-electron chi connectivity index (χ3n) is 3.62. The number of hydrogen-bond acceptors (Lipinski definition) is 1. The number of halogens is 2. The summed E-state index contributed by atoms with van der Waals surface area (Å²) in [7, 11) is 0. The van der Waals surface area contributed by atoms with Crippen LogP contribution in [-0.4, -0.2) is 9.55 Å². The highest BCUT2D eigenvalue weighted by Crippen LogP contribution is 2.21. The van der Waals surface area contributed by atoms with Gasteiger partial charge < -0.3 is 4.57 Å². The lowest BCUT2D eigenvalue weighted by Gasteiger charge is -2.07. The van der Waals surface area contributed by atoms with E-state index < -0.39 is 0 Å². The highest BCUT2D eigenvalue weighted by Gasteiger charge is 2.12. The summed E-state index contributed by atoms with van der Waals surface area (Å²) < 4.78 is 15.8. The van der Waals surface area contributed by atoms with Gasteiger partial charge in [-0.2, -0.15) is 0 Å². The van der Waals surface area contributed by atoms with Crippen LogP contribution in [0.5, 0.6) is 0 Å². The minimum Gasteiger partial charge on any atom is -0.327 e. The van der Waals surface area contributed by atoms with Crippen molar-refractivity contribution in [2.75, 3.05) is 0 Å². The fourth-order valence-electron chi connectivity index (χ4n) is 2.60. The van der Waals surface area contributed by atoms with Crippen LogP contribution < -0.4 is 0 Å². The molecule has 0 unspecified atom stereocenters. The first kappa shape index (κ1) is 14.1. The molecule has 0 spiro atoms. The Hall–Kier alpha value is -1.87. The maximum atomic E-state index is 13.8. The van der Waals surface area contributed by atoms with E-state index in [2.05, 4.69) is 17.1 Å². The second kappa shape index (κ2) is 6.27. The number of hydrogen-bond donors (Lipinski definition) is 0. The monoisotopic (exact) mass is 302 g/mol. The van der Waals surface area contributed by atoms with Gasteiger partial charge in [0, 0.05) is 6.54 Å². The minimum atomic E-state index is -0.291.